The van der Waals surface area contributed by atoms with Gasteiger partial charge < -0.3 is 21.0 Å². The minimum Gasteiger partial charge on any atom is -0.409 e. The number of amidine groups is 1. The van der Waals surface area contributed by atoms with Crippen molar-refractivity contribution in [3.63, 3.8) is 0 Å². The summed E-state index contributed by atoms with van der Waals surface area (Å²) >= 11 is 0. The average molecular weight is 257 g/mol. The Hall–Kier alpha value is -1.30. The molecule has 1 rings (SSSR count). The predicted molar refractivity (Wildman–Crippen MR) is 68.4 cm³/mol. The fourth-order valence-corrected chi connectivity index (χ4v) is 2.25. The molecule has 1 heterocycles. The molecule has 4 N–H and O–H groups in total. The van der Waals surface area contributed by atoms with Crippen molar-refractivity contribution in [1.29, 1.82) is 0 Å². The molecule has 0 atom stereocenters. The Morgan fingerprint density at radius 3 is 2.44 bits per heavy atom. The molecule has 1 amide bonds. The van der Waals surface area contributed by atoms with Gasteiger partial charge in [-0.25, -0.2) is 0 Å². The number of carbonyl (C=O) groups is 1. The third-order valence-corrected chi connectivity index (χ3v) is 3.76. The summed E-state index contributed by atoms with van der Waals surface area (Å²) in [6.07, 6.45) is 2.64. The van der Waals surface area contributed by atoms with Crippen molar-refractivity contribution in [2.24, 2.45) is 16.8 Å². The van der Waals surface area contributed by atoms with E-state index in [2.05, 4.69) is 10.5 Å². The van der Waals surface area contributed by atoms with Crippen molar-refractivity contribution in [1.82, 2.24) is 5.32 Å². The van der Waals surface area contributed by atoms with Crippen LogP contribution >= 0.6 is 0 Å². The topological polar surface area (TPSA) is 96.9 Å². The van der Waals surface area contributed by atoms with E-state index in [1.165, 1.54) is 0 Å². The highest BCUT2D eigenvalue weighted by Gasteiger charge is 2.35. The summed E-state index contributed by atoms with van der Waals surface area (Å²) in [6.45, 7) is 5.05. The molecular weight excluding hydrogens is 234 g/mol. The maximum Gasteiger partial charge on any atom is 0.224 e. The van der Waals surface area contributed by atoms with Gasteiger partial charge in [0.1, 0.15) is 5.54 Å². The molecule has 104 valence electrons. The zero-order chi connectivity index (χ0) is 13.6. The van der Waals surface area contributed by atoms with Crippen LogP contribution in [-0.4, -0.2) is 35.7 Å². The smallest absolute Gasteiger partial charge is 0.224 e. The van der Waals surface area contributed by atoms with E-state index in [0.717, 1.165) is 12.8 Å². The Kier molecular flexibility index (Phi) is 5.40. The summed E-state index contributed by atoms with van der Waals surface area (Å²) in [5.74, 6) is -0.00997. The van der Waals surface area contributed by atoms with Crippen LogP contribution in [0.3, 0.4) is 0 Å². The predicted octanol–water partition coefficient (Wildman–Crippen LogP) is 0.834. The van der Waals surface area contributed by atoms with E-state index in [0.29, 0.717) is 26.1 Å². The lowest BCUT2D eigenvalue weighted by Gasteiger charge is -2.33. The van der Waals surface area contributed by atoms with E-state index in [-0.39, 0.29) is 17.7 Å². The number of ether oxygens (including phenoxy) is 1. The van der Waals surface area contributed by atoms with Gasteiger partial charge in [0, 0.05) is 19.1 Å². The van der Waals surface area contributed by atoms with E-state index < -0.39 is 5.54 Å². The first kappa shape index (κ1) is 14.8. The molecule has 0 aromatic heterocycles. The van der Waals surface area contributed by atoms with Gasteiger partial charge >= 0.3 is 0 Å². The van der Waals surface area contributed by atoms with E-state index in [9.17, 15) is 4.79 Å². The van der Waals surface area contributed by atoms with Gasteiger partial charge in [-0.05, 0) is 25.7 Å². The van der Waals surface area contributed by atoms with Crippen LogP contribution in [0.1, 0.15) is 39.5 Å². The van der Waals surface area contributed by atoms with Crippen molar-refractivity contribution in [2.75, 3.05) is 13.2 Å². The Balaban J connectivity index is 2.74. The number of hydrogen-bond donors (Lipinski definition) is 3. The van der Waals surface area contributed by atoms with Crippen molar-refractivity contribution >= 4 is 11.7 Å². The number of nitrogens with one attached hydrogen (secondary N) is 1. The van der Waals surface area contributed by atoms with Crippen LogP contribution in [0.15, 0.2) is 5.16 Å². The highest BCUT2D eigenvalue weighted by molar-refractivity contribution is 5.94. The van der Waals surface area contributed by atoms with E-state index in [1.54, 1.807) is 0 Å². The van der Waals surface area contributed by atoms with Gasteiger partial charge in [0.15, 0.2) is 5.84 Å². The molecule has 0 aromatic carbocycles. The van der Waals surface area contributed by atoms with Gasteiger partial charge in [-0.3, -0.25) is 4.79 Å². The molecule has 1 fully saturated rings. The molecule has 1 aliphatic heterocycles. The van der Waals surface area contributed by atoms with E-state index in [1.807, 2.05) is 13.8 Å². The molecule has 6 heteroatoms. The molecule has 0 unspecified atom stereocenters. The minimum atomic E-state index is -0.746. The first-order chi connectivity index (χ1) is 8.59. The van der Waals surface area contributed by atoms with Crippen LogP contribution in [-0.2, 0) is 9.53 Å². The van der Waals surface area contributed by atoms with Crippen molar-refractivity contribution < 1.29 is 14.7 Å². The number of hydrogen-bond acceptors (Lipinski definition) is 4. The molecule has 6 nitrogen and oxygen atoms in total. The fourth-order valence-electron chi connectivity index (χ4n) is 2.25. The second kappa shape index (κ2) is 6.58. The van der Waals surface area contributed by atoms with E-state index >= 15 is 0 Å². The molecule has 18 heavy (non-hydrogen) atoms. The second-order valence-electron chi connectivity index (χ2n) is 4.65. The van der Waals surface area contributed by atoms with Crippen LogP contribution in [0, 0.1) is 5.92 Å². The highest BCUT2D eigenvalue weighted by Crippen LogP contribution is 2.20. The summed E-state index contributed by atoms with van der Waals surface area (Å²) in [6, 6.07) is 0. The summed E-state index contributed by atoms with van der Waals surface area (Å²) in [7, 11) is 0. The number of nitrogens with two attached hydrogens (primary N) is 1. The Morgan fingerprint density at radius 2 is 2.00 bits per heavy atom. The zero-order valence-electron chi connectivity index (χ0n) is 11.1. The number of nitrogens with zero attached hydrogens (tertiary/aromatic N) is 1. The number of amides is 1. The SMILES string of the molecule is CCC(CC)(NC(=O)C1CCOCC1)C(N)=NO. The van der Waals surface area contributed by atoms with Crippen LogP contribution in [0.25, 0.3) is 0 Å². The van der Waals surface area contributed by atoms with Gasteiger partial charge in [-0.1, -0.05) is 19.0 Å². The van der Waals surface area contributed by atoms with Gasteiger partial charge in [0.05, 0.1) is 0 Å². The summed E-state index contributed by atoms with van der Waals surface area (Å²) in [4.78, 5) is 12.2. The zero-order valence-corrected chi connectivity index (χ0v) is 11.1. The summed E-state index contributed by atoms with van der Waals surface area (Å²) in [5, 5.41) is 14.8. The molecule has 0 spiro atoms. The second-order valence-corrected chi connectivity index (χ2v) is 4.65. The van der Waals surface area contributed by atoms with Crippen LogP contribution < -0.4 is 11.1 Å². The van der Waals surface area contributed by atoms with Gasteiger partial charge in [0.2, 0.25) is 5.91 Å². The maximum atomic E-state index is 12.2. The summed E-state index contributed by atoms with van der Waals surface area (Å²) in [5.41, 5.74) is 4.97. The number of oxime groups is 1. The first-order valence-corrected chi connectivity index (χ1v) is 6.47. The Labute approximate surface area is 108 Å². The van der Waals surface area contributed by atoms with Gasteiger partial charge in [-0.2, -0.15) is 0 Å². The van der Waals surface area contributed by atoms with Crippen molar-refractivity contribution in [2.45, 2.75) is 45.1 Å². The van der Waals surface area contributed by atoms with Crippen LogP contribution in [0.5, 0.6) is 0 Å². The third kappa shape index (κ3) is 3.13. The largest absolute Gasteiger partial charge is 0.409 e. The lowest BCUT2D eigenvalue weighted by molar-refractivity contribution is -0.129. The molecule has 0 saturated carbocycles. The average Bonchev–Trinajstić information content (AvgIpc) is 2.44. The highest BCUT2D eigenvalue weighted by atomic mass is 16.5. The molecule has 0 bridgehead atoms. The molecule has 1 saturated heterocycles. The first-order valence-electron chi connectivity index (χ1n) is 6.47. The van der Waals surface area contributed by atoms with Crippen LogP contribution in [0.2, 0.25) is 0 Å². The third-order valence-electron chi connectivity index (χ3n) is 3.76. The quantitative estimate of drug-likeness (QED) is 0.294. The number of carbonyl (C=O) groups excluding carboxylic acids is 1. The molecule has 0 radical (unpaired) electrons. The van der Waals surface area contributed by atoms with Gasteiger partial charge in [-0.15, -0.1) is 0 Å². The fraction of sp³-hybridized carbons (Fsp3) is 0.833. The molecule has 0 aromatic rings. The van der Waals surface area contributed by atoms with Crippen molar-refractivity contribution in [3.8, 4) is 0 Å². The van der Waals surface area contributed by atoms with Gasteiger partial charge in [0.25, 0.3) is 0 Å². The normalized spacial score (nSPS) is 18.7. The maximum absolute atomic E-state index is 12.2. The Bertz CT molecular complexity index is 308. The van der Waals surface area contributed by atoms with Crippen molar-refractivity contribution in [3.05, 3.63) is 0 Å². The molecule has 0 aliphatic carbocycles. The minimum absolute atomic E-state index is 0.0337. The lowest BCUT2D eigenvalue weighted by atomic mass is 9.89. The monoisotopic (exact) mass is 257 g/mol. The van der Waals surface area contributed by atoms with E-state index in [4.69, 9.17) is 15.7 Å². The Morgan fingerprint density at radius 1 is 1.44 bits per heavy atom. The lowest BCUT2D eigenvalue weighted by Crippen LogP contribution is -2.58. The molecule has 1 aliphatic rings. The number of rotatable bonds is 5. The summed E-state index contributed by atoms with van der Waals surface area (Å²) < 4.78 is 5.23. The van der Waals surface area contributed by atoms with Crippen LogP contribution in [0.4, 0.5) is 0 Å². The molecular formula is C12H23N3O3. The standard InChI is InChI=1S/C12H23N3O3/c1-3-12(4-2,11(13)15-17)14-10(16)9-5-7-18-8-6-9/h9,17H,3-8H2,1-2H3,(H2,13,15)(H,14,16).